The summed E-state index contributed by atoms with van der Waals surface area (Å²) in [6.45, 7) is 2.81. The van der Waals surface area contributed by atoms with Gasteiger partial charge in [-0.25, -0.2) is 0 Å². The first-order valence-electron chi connectivity index (χ1n) is 6.90. The fourth-order valence-electron chi connectivity index (χ4n) is 2.66. The standard InChI is InChI=1S/C15H22BrNO2/c1-10-7-12(16)8-11(9-17-2)15(10)19-14-6-4-3-5-13(14)18/h7-8,13-14,17-18H,3-6,9H2,1-2H3. The summed E-state index contributed by atoms with van der Waals surface area (Å²) in [5, 5.41) is 13.2. The minimum Gasteiger partial charge on any atom is -0.487 e. The molecule has 1 aromatic carbocycles. The van der Waals surface area contributed by atoms with Gasteiger partial charge in [0.25, 0.3) is 0 Å². The van der Waals surface area contributed by atoms with E-state index in [0.29, 0.717) is 0 Å². The molecule has 2 N–H and O–H groups in total. The molecule has 0 bridgehead atoms. The lowest BCUT2D eigenvalue weighted by molar-refractivity contribution is 0.00602. The first-order chi connectivity index (χ1) is 9.11. The molecule has 2 rings (SSSR count). The molecule has 0 aliphatic heterocycles. The number of aliphatic hydroxyl groups is 1. The Labute approximate surface area is 123 Å². The molecule has 0 spiro atoms. The first kappa shape index (κ1) is 14.8. The van der Waals surface area contributed by atoms with Crippen LogP contribution in [0.5, 0.6) is 5.75 Å². The molecule has 4 heteroatoms. The van der Waals surface area contributed by atoms with Gasteiger partial charge in [-0.05, 0) is 50.9 Å². The van der Waals surface area contributed by atoms with Gasteiger partial charge in [0.1, 0.15) is 11.9 Å². The SMILES string of the molecule is CNCc1cc(Br)cc(C)c1OC1CCCCC1O. The topological polar surface area (TPSA) is 41.5 Å². The Morgan fingerprint density at radius 1 is 1.37 bits per heavy atom. The number of ether oxygens (including phenoxy) is 1. The minimum atomic E-state index is -0.334. The van der Waals surface area contributed by atoms with Crippen molar-refractivity contribution in [1.82, 2.24) is 5.32 Å². The van der Waals surface area contributed by atoms with Crippen LogP contribution in [0.15, 0.2) is 16.6 Å². The number of halogens is 1. The molecule has 2 atom stereocenters. The van der Waals surface area contributed by atoms with Gasteiger partial charge in [-0.2, -0.15) is 0 Å². The quantitative estimate of drug-likeness (QED) is 0.892. The predicted molar refractivity (Wildman–Crippen MR) is 80.5 cm³/mol. The van der Waals surface area contributed by atoms with Gasteiger partial charge in [-0.3, -0.25) is 0 Å². The zero-order valence-electron chi connectivity index (χ0n) is 11.6. The van der Waals surface area contributed by atoms with Crippen molar-refractivity contribution in [1.29, 1.82) is 0 Å². The molecule has 0 heterocycles. The van der Waals surface area contributed by atoms with Gasteiger partial charge >= 0.3 is 0 Å². The molecule has 1 aliphatic rings. The van der Waals surface area contributed by atoms with Gasteiger partial charge in [0.2, 0.25) is 0 Å². The van der Waals surface area contributed by atoms with Crippen molar-refractivity contribution in [2.45, 2.75) is 51.4 Å². The van der Waals surface area contributed by atoms with Crippen molar-refractivity contribution in [3.8, 4) is 5.75 Å². The molecular formula is C15H22BrNO2. The molecule has 3 nitrogen and oxygen atoms in total. The average molecular weight is 328 g/mol. The van der Waals surface area contributed by atoms with Crippen molar-refractivity contribution in [2.75, 3.05) is 7.05 Å². The molecule has 0 radical (unpaired) electrons. The normalized spacial score (nSPS) is 23.4. The summed E-state index contributed by atoms with van der Waals surface area (Å²) < 4.78 is 7.19. The number of nitrogens with one attached hydrogen (secondary N) is 1. The smallest absolute Gasteiger partial charge is 0.127 e. The lowest BCUT2D eigenvalue weighted by Crippen LogP contribution is -2.35. The van der Waals surface area contributed by atoms with Crippen LogP contribution in [0, 0.1) is 6.92 Å². The summed E-state index contributed by atoms with van der Waals surface area (Å²) in [5.74, 6) is 0.920. The highest BCUT2D eigenvalue weighted by Crippen LogP contribution is 2.31. The van der Waals surface area contributed by atoms with E-state index in [9.17, 15) is 5.11 Å². The Morgan fingerprint density at radius 3 is 2.79 bits per heavy atom. The van der Waals surface area contributed by atoms with Crippen molar-refractivity contribution >= 4 is 15.9 Å². The predicted octanol–water partition coefficient (Wildman–Crippen LogP) is 3.16. The van der Waals surface area contributed by atoms with Gasteiger partial charge in [-0.15, -0.1) is 0 Å². The molecule has 1 saturated carbocycles. The van der Waals surface area contributed by atoms with E-state index in [4.69, 9.17) is 4.74 Å². The number of aliphatic hydroxyl groups excluding tert-OH is 1. The van der Waals surface area contributed by atoms with E-state index in [2.05, 4.69) is 40.3 Å². The summed E-state index contributed by atoms with van der Waals surface area (Å²) in [4.78, 5) is 0. The van der Waals surface area contributed by atoms with Gasteiger partial charge < -0.3 is 15.2 Å². The van der Waals surface area contributed by atoms with Gasteiger partial charge in [0.05, 0.1) is 6.10 Å². The molecular weight excluding hydrogens is 306 g/mol. The molecule has 1 fully saturated rings. The fraction of sp³-hybridized carbons (Fsp3) is 0.600. The first-order valence-corrected chi connectivity index (χ1v) is 7.69. The Morgan fingerprint density at radius 2 is 2.11 bits per heavy atom. The van der Waals surface area contributed by atoms with E-state index in [1.54, 1.807) is 0 Å². The van der Waals surface area contributed by atoms with Crippen molar-refractivity contribution in [2.24, 2.45) is 0 Å². The van der Waals surface area contributed by atoms with Crippen LogP contribution in [0.25, 0.3) is 0 Å². The lowest BCUT2D eigenvalue weighted by atomic mass is 9.94. The van der Waals surface area contributed by atoms with Gasteiger partial charge in [-0.1, -0.05) is 22.4 Å². The van der Waals surface area contributed by atoms with Crippen molar-refractivity contribution < 1.29 is 9.84 Å². The maximum atomic E-state index is 10.0. The monoisotopic (exact) mass is 327 g/mol. The zero-order valence-corrected chi connectivity index (χ0v) is 13.2. The Hall–Kier alpha value is -0.580. The van der Waals surface area contributed by atoms with Crippen LogP contribution < -0.4 is 10.1 Å². The average Bonchev–Trinajstić information content (AvgIpc) is 2.36. The molecule has 0 aromatic heterocycles. The van der Waals surface area contributed by atoms with Crippen molar-refractivity contribution in [3.63, 3.8) is 0 Å². The summed E-state index contributed by atoms with van der Waals surface area (Å²) in [6.07, 6.45) is 3.63. The molecule has 0 saturated heterocycles. The van der Waals surface area contributed by atoms with E-state index >= 15 is 0 Å². The van der Waals surface area contributed by atoms with Gasteiger partial charge in [0, 0.05) is 16.6 Å². The maximum Gasteiger partial charge on any atom is 0.127 e. The number of benzene rings is 1. The van der Waals surface area contributed by atoms with Crippen LogP contribution in [-0.4, -0.2) is 24.4 Å². The summed E-state index contributed by atoms with van der Waals surface area (Å²) >= 11 is 3.52. The van der Waals surface area contributed by atoms with E-state index < -0.39 is 0 Å². The molecule has 1 aliphatic carbocycles. The maximum absolute atomic E-state index is 10.0. The number of aryl methyl sites for hydroxylation is 1. The fourth-order valence-corrected chi connectivity index (χ4v) is 3.28. The Bertz CT molecular complexity index is 436. The zero-order chi connectivity index (χ0) is 13.8. The number of rotatable bonds is 4. The molecule has 0 amide bonds. The minimum absolute atomic E-state index is 0.0655. The number of hydrogen-bond donors (Lipinski definition) is 2. The second kappa shape index (κ2) is 6.73. The van der Waals surface area contributed by atoms with E-state index in [1.807, 2.05) is 7.05 Å². The van der Waals surface area contributed by atoms with Gasteiger partial charge in [0.15, 0.2) is 0 Å². The highest BCUT2D eigenvalue weighted by molar-refractivity contribution is 9.10. The van der Waals surface area contributed by atoms with Crippen LogP contribution in [-0.2, 0) is 6.54 Å². The third-order valence-electron chi connectivity index (χ3n) is 3.62. The summed E-state index contributed by atoms with van der Waals surface area (Å²) in [5.41, 5.74) is 2.24. The highest BCUT2D eigenvalue weighted by Gasteiger charge is 2.26. The van der Waals surface area contributed by atoms with E-state index in [-0.39, 0.29) is 12.2 Å². The highest BCUT2D eigenvalue weighted by atomic mass is 79.9. The van der Waals surface area contributed by atoms with Crippen molar-refractivity contribution in [3.05, 3.63) is 27.7 Å². The van der Waals surface area contributed by atoms with Crippen LogP contribution >= 0.6 is 15.9 Å². The Balaban J connectivity index is 2.22. The molecule has 2 unspecified atom stereocenters. The Kier molecular flexibility index (Phi) is 5.25. The second-order valence-electron chi connectivity index (χ2n) is 5.25. The third kappa shape index (κ3) is 3.71. The summed E-state index contributed by atoms with van der Waals surface area (Å²) in [6, 6.07) is 4.14. The third-order valence-corrected chi connectivity index (χ3v) is 4.08. The number of hydrogen-bond acceptors (Lipinski definition) is 3. The van der Waals surface area contributed by atoms with E-state index in [0.717, 1.165) is 53.6 Å². The van der Waals surface area contributed by atoms with Crippen LogP contribution in [0.3, 0.4) is 0 Å². The molecule has 1 aromatic rings. The van der Waals surface area contributed by atoms with Crippen LogP contribution in [0.1, 0.15) is 36.8 Å². The van der Waals surface area contributed by atoms with Crippen LogP contribution in [0.2, 0.25) is 0 Å². The largest absolute Gasteiger partial charge is 0.487 e. The molecule has 106 valence electrons. The van der Waals surface area contributed by atoms with Crippen LogP contribution in [0.4, 0.5) is 0 Å². The second-order valence-corrected chi connectivity index (χ2v) is 6.17. The lowest BCUT2D eigenvalue weighted by Gasteiger charge is -2.29. The van der Waals surface area contributed by atoms with E-state index in [1.165, 1.54) is 0 Å². The summed E-state index contributed by atoms with van der Waals surface area (Å²) in [7, 11) is 1.93. The molecule has 19 heavy (non-hydrogen) atoms.